The Morgan fingerprint density at radius 3 is 2.52 bits per heavy atom. The maximum atomic E-state index is 12.2. The van der Waals surface area contributed by atoms with Crippen LogP contribution in [0.25, 0.3) is 0 Å². The van der Waals surface area contributed by atoms with Gasteiger partial charge in [0.1, 0.15) is 10.7 Å². The molecule has 2 rings (SSSR count). The first-order valence-corrected chi connectivity index (χ1v) is 9.66. The van der Waals surface area contributed by atoms with E-state index in [1.807, 2.05) is 6.92 Å². The third-order valence-electron chi connectivity index (χ3n) is 3.36. The smallest absolute Gasteiger partial charge is 0.273 e. The Morgan fingerprint density at radius 2 is 1.96 bits per heavy atom. The van der Waals surface area contributed by atoms with Crippen LogP contribution < -0.4 is 10.5 Å². The Bertz CT molecular complexity index is 806. The molecule has 0 unspecified atom stereocenters. The van der Waals surface area contributed by atoms with Crippen LogP contribution in [0.4, 0.5) is 0 Å². The van der Waals surface area contributed by atoms with Gasteiger partial charge in [-0.25, -0.2) is 18.1 Å². The van der Waals surface area contributed by atoms with Gasteiger partial charge in [-0.3, -0.25) is 4.79 Å². The number of rotatable bonds is 7. The lowest BCUT2D eigenvalue weighted by atomic mass is 10.2. The summed E-state index contributed by atoms with van der Waals surface area (Å²) in [4.78, 5) is 17.9. The van der Waals surface area contributed by atoms with Crippen LogP contribution in [0.1, 0.15) is 21.1 Å². The maximum absolute atomic E-state index is 12.2. The van der Waals surface area contributed by atoms with Crippen LogP contribution in [-0.4, -0.2) is 44.3 Å². The Kier molecular flexibility index (Phi) is 7.97. The second-order valence-corrected chi connectivity index (χ2v) is 7.98. The highest BCUT2D eigenvalue weighted by Gasteiger charge is 2.17. The normalized spacial score (nSPS) is 11.0. The van der Waals surface area contributed by atoms with E-state index in [4.69, 9.17) is 5.73 Å². The molecule has 2 aromatic rings. The van der Waals surface area contributed by atoms with Gasteiger partial charge >= 0.3 is 0 Å². The molecule has 1 amide bonds. The first-order chi connectivity index (χ1) is 11.3. The van der Waals surface area contributed by atoms with Crippen molar-refractivity contribution in [2.75, 3.05) is 20.1 Å². The number of amides is 1. The summed E-state index contributed by atoms with van der Waals surface area (Å²) < 4.78 is 26.8. The molecule has 3 N–H and O–H groups in total. The van der Waals surface area contributed by atoms with E-state index in [1.165, 1.54) is 16.2 Å². The van der Waals surface area contributed by atoms with Crippen LogP contribution in [0.15, 0.2) is 34.5 Å². The van der Waals surface area contributed by atoms with Gasteiger partial charge in [-0.15, -0.1) is 23.7 Å². The van der Waals surface area contributed by atoms with Crippen LogP contribution in [0.2, 0.25) is 0 Å². The highest BCUT2D eigenvalue weighted by molar-refractivity contribution is 7.89. The highest BCUT2D eigenvalue weighted by atomic mass is 35.5. The predicted molar refractivity (Wildman–Crippen MR) is 101 cm³/mol. The summed E-state index contributed by atoms with van der Waals surface area (Å²) in [6.45, 7) is 2.53. The fourth-order valence-corrected chi connectivity index (χ4v) is 3.62. The van der Waals surface area contributed by atoms with Crippen molar-refractivity contribution < 1.29 is 13.2 Å². The van der Waals surface area contributed by atoms with Crippen molar-refractivity contribution in [2.45, 2.75) is 18.4 Å². The number of likely N-dealkylation sites (N-methyl/N-ethyl adjacent to an activating group) is 1. The van der Waals surface area contributed by atoms with E-state index in [2.05, 4.69) is 9.71 Å². The lowest BCUT2D eigenvalue weighted by Crippen LogP contribution is -2.36. The number of hydrogen-bond acceptors (Lipinski definition) is 6. The number of aromatic nitrogens is 1. The lowest BCUT2D eigenvalue weighted by Gasteiger charge is -2.16. The summed E-state index contributed by atoms with van der Waals surface area (Å²) in [6, 6.07) is 6.58. The van der Waals surface area contributed by atoms with Crippen LogP contribution in [0.5, 0.6) is 0 Å². The number of benzene rings is 1. The Morgan fingerprint density at radius 1 is 1.32 bits per heavy atom. The highest BCUT2D eigenvalue weighted by Crippen LogP contribution is 2.11. The van der Waals surface area contributed by atoms with Crippen molar-refractivity contribution in [3.05, 3.63) is 45.9 Å². The number of thiazole rings is 1. The number of halogens is 1. The third kappa shape index (κ3) is 5.75. The molecular weight excluding hydrogens is 384 g/mol. The van der Waals surface area contributed by atoms with E-state index in [0.29, 0.717) is 10.7 Å². The van der Waals surface area contributed by atoms with Gasteiger partial charge in [0.2, 0.25) is 10.0 Å². The quantitative estimate of drug-likeness (QED) is 0.725. The molecule has 0 atom stereocenters. The zero-order chi connectivity index (χ0) is 17.7. The SMILES string of the molecule is Cc1ccc(S(=O)(=O)NCCN(C)C(=O)c2csc(CN)n2)cc1.Cl. The Balaban J connectivity index is 0.00000312. The van der Waals surface area contributed by atoms with E-state index in [-0.39, 0.29) is 42.8 Å². The van der Waals surface area contributed by atoms with E-state index in [9.17, 15) is 13.2 Å². The first-order valence-electron chi connectivity index (χ1n) is 7.30. The molecule has 1 heterocycles. The molecule has 0 saturated carbocycles. The molecule has 25 heavy (non-hydrogen) atoms. The average Bonchev–Trinajstić information content (AvgIpc) is 3.03. The van der Waals surface area contributed by atoms with Gasteiger partial charge in [0.05, 0.1) is 4.90 Å². The summed E-state index contributed by atoms with van der Waals surface area (Å²) in [5.74, 6) is -0.263. The topological polar surface area (TPSA) is 105 Å². The van der Waals surface area contributed by atoms with E-state index in [0.717, 1.165) is 5.56 Å². The van der Waals surface area contributed by atoms with E-state index >= 15 is 0 Å². The summed E-state index contributed by atoms with van der Waals surface area (Å²) in [5.41, 5.74) is 6.79. The molecular formula is C15H21ClN4O3S2. The summed E-state index contributed by atoms with van der Waals surface area (Å²) in [7, 11) is -1.98. The van der Waals surface area contributed by atoms with Crippen molar-refractivity contribution in [3.8, 4) is 0 Å². The molecule has 0 spiro atoms. The number of nitrogens with two attached hydrogens (primary N) is 1. The summed E-state index contributed by atoms with van der Waals surface area (Å²) >= 11 is 1.33. The average molecular weight is 405 g/mol. The number of hydrogen-bond donors (Lipinski definition) is 2. The van der Waals surface area contributed by atoms with Gasteiger partial charge in [0.25, 0.3) is 5.91 Å². The van der Waals surface area contributed by atoms with Gasteiger partial charge < -0.3 is 10.6 Å². The monoisotopic (exact) mass is 404 g/mol. The zero-order valence-electron chi connectivity index (χ0n) is 13.9. The van der Waals surface area contributed by atoms with Gasteiger partial charge in [-0.2, -0.15) is 0 Å². The zero-order valence-corrected chi connectivity index (χ0v) is 16.4. The van der Waals surface area contributed by atoms with Gasteiger partial charge in [-0.1, -0.05) is 17.7 Å². The predicted octanol–water partition coefficient (Wildman–Crippen LogP) is 1.38. The van der Waals surface area contributed by atoms with Crippen molar-refractivity contribution in [2.24, 2.45) is 5.73 Å². The first kappa shape index (κ1) is 21.5. The van der Waals surface area contributed by atoms with E-state index < -0.39 is 10.0 Å². The molecule has 1 aromatic heterocycles. The van der Waals surface area contributed by atoms with Crippen molar-refractivity contribution >= 4 is 39.7 Å². The summed E-state index contributed by atoms with van der Waals surface area (Å²) in [5, 5.41) is 2.34. The Hall–Kier alpha value is -1.52. The Labute approximate surface area is 157 Å². The molecule has 0 aliphatic heterocycles. The molecule has 0 aliphatic carbocycles. The molecule has 0 bridgehead atoms. The fourth-order valence-electron chi connectivity index (χ4n) is 1.95. The maximum Gasteiger partial charge on any atom is 0.273 e. The summed E-state index contributed by atoms with van der Waals surface area (Å²) in [6.07, 6.45) is 0. The molecule has 0 radical (unpaired) electrons. The molecule has 138 valence electrons. The number of carbonyl (C=O) groups is 1. The fraction of sp³-hybridized carbons (Fsp3) is 0.333. The van der Waals surface area contributed by atoms with Crippen LogP contribution in [-0.2, 0) is 16.6 Å². The minimum absolute atomic E-state index is 0. The van der Waals surface area contributed by atoms with Gasteiger partial charge in [-0.05, 0) is 19.1 Å². The standard InChI is InChI=1S/C15H20N4O3S2.ClH/c1-11-3-5-12(6-4-11)24(21,22)17-7-8-19(2)15(20)13-10-23-14(9-16)18-13;/h3-6,10,17H,7-9,16H2,1-2H3;1H. The van der Waals surface area contributed by atoms with Crippen molar-refractivity contribution in [1.82, 2.24) is 14.6 Å². The van der Waals surface area contributed by atoms with Gasteiger partial charge in [0.15, 0.2) is 0 Å². The third-order valence-corrected chi connectivity index (χ3v) is 5.71. The number of aryl methyl sites for hydroxylation is 1. The van der Waals surface area contributed by atoms with Crippen molar-refractivity contribution in [1.29, 1.82) is 0 Å². The molecule has 7 nitrogen and oxygen atoms in total. The second-order valence-electron chi connectivity index (χ2n) is 5.27. The van der Waals surface area contributed by atoms with Crippen LogP contribution in [0, 0.1) is 6.92 Å². The molecule has 0 saturated heterocycles. The van der Waals surface area contributed by atoms with Crippen molar-refractivity contribution in [3.63, 3.8) is 0 Å². The van der Waals surface area contributed by atoms with Crippen LogP contribution in [0.3, 0.4) is 0 Å². The number of sulfonamides is 1. The molecule has 0 fully saturated rings. The van der Waals surface area contributed by atoms with Crippen LogP contribution >= 0.6 is 23.7 Å². The number of nitrogens with zero attached hydrogens (tertiary/aromatic N) is 2. The second kappa shape index (κ2) is 9.25. The number of nitrogens with one attached hydrogen (secondary N) is 1. The number of carbonyl (C=O) groups excluding carboxylic acids is 1. The molecule has 0 aliphatic rings. The largest absolute Gasteiger partial charge is 0.339 e. The molecule has 1 aromatic carbocycles. The van der Waals surface area contributed by atoms with Gasteiger partial charge in [0, 0.05) is 32.1 Å². The lowest BCUT2D eigenvalue weighted by molar-refractivity contribution is 0.0792. The molecule has 10 heteroatoms. The minimum Gasteiger partial charge on any atom is -0.339 e. The van der Waals surface area contributed by atoms with E-state index in [1.54, 1.807) is 36.7 Å². The minimum atomic E-state index is -3.58.